The molecule has 0 radical (unpaired) electrons. The first-order valence-corrected chi connectivity index (χ1v) is 7.70. The van der Waals surface area contributed by atoms with E-state index in [1.165, 1.54) is 11.0 Å². The maximum absolute atomic E-state index is 12.3. The summed E-state index contributed by atoms with van der Waals surface area (Å²) in [6.07, 6.45) is -0.696. The zero-order chi connectivity index (χ0) is 14.2. The molecule has 1 N–H and O–H groups in total. The van der Waals surface area contributed by atoms with E-state index in [4.69, 9.17) is 0 Å². The van der Waals surface area contributed by atoms with Crippen molar-refractivity contribution in [2.75, 3.05) is 11.4 Å². The van der Waals surface area contributed by atoms with Crippen LogP contribution in [0.1, 0.15) is 20.3 Å². The molecule has 0 aliphatic carbocycles. The number of anilines is 1. The summed E-state index contributed by atoms with van der Waals surface area (Å²) in [6.45, 7) is 3.35. The molecule has 1 saturated heterocycles. The van der Waals surface area contributed by atoms with Gasteiger partial charge in [-0.05, 0) is 26.0 Å². The van der Waals surface area contributed by atoms with Crippen LogP contribution in [-0.4, -0.2) is 37.3 Å². The SMILES string of the molecule is CC(C)S(=O)(=O)c1ccccc1N1CC(O)CC1=O. The molecule has 5 nitrogen and oxygen atoms in total. The molecule has 1 atom stereocenters. The van der Waals surface area contributed by atoms with Gasteiger partial charge in [0.15, 0.2) is 9.84 Å². The number of sulfone groups is 1. The Morgan fingerprint density at radius 2 is 1.95 bits per heavy atom. The number of rotatable bonds is 3. The predicted molar refractivity (Wildman–Crippen MR) is 71.7 cm³/mol. The third-order valence-electron chi connectivity index (χ3n) is 3.19. The van der Waals surface area contributed by atoms with Gasteiger partial charge in [0.1, 0.15) is 0 Å². The monoisotopic (exact) mass is 283 g/mol. The van der Waals surface area contributed by atoms with Crippen molar-refractivity contribution < 1.29 is 18.3 Å². The molecule has 1 aliphatic rings. The van der Waals surface area contributed by atoms with Crippen molar-refractivity contribution in [3.63, 3.8) is 0 Å². The largest absolute Gasteiger partial charge is 0.391 e. The summed E-state index contributed by atoms with van der Waals surface area (Å²) < 4.78 is 24.6. The smallest absolute Gasteiger partial charge is 0.229 e. The zero-order valence-corrected chi connectivity index (χ0v) is 11.7. The van der Waals surface area contributed by atoms with Gasteiger partial charge in [-0.25, -0.2) is 8.42 Å². The summed E-state index contributed by atoms with van der Waals surface area (Å²) in [4.78, 5) is 13.3. The molecule has 1 fully saturated rings. The molecular weight excluding hydrogens is 266 g/mol. The van der Waals surface area contributed by atoms with Crippen LogP contribution in [-0.2, 0) is 14.6 Å². The number of aliphatic hydroxyl groups excluding tert-OH is 1. The number of carbonyl (C=O) groups is 1. The lowest BCUT2D eigenvalue weighted by Crippen LogP contribution is -2.28. The number of para-hydroxylation sites is 1. The van der Waals surface area contributed by atoms with Crippen LogP contribution < -0.4 is 4.90 Å². The van der Waals surface area contributed by atoms with E-state index in [9.17, 15) is 18.3 Å². The third kappa shape index (κ3) is 2.50. The highest BCUT2D eigenvalue weighted by molar-refractivity contribution is 7.92. The van der Waals surface area contributed by atoms with Gasteiger partial charge in [-0.2, -0.15) is 0 Å². The highest BCUT2D eigenvalue weighted by atomic mass is 32.2. The molecule has 0 bridgehead atoms. The molecule has 1 aromatic carbocycles. The minimum Gasteiger partial charge on any atom is -0.391 e. The van der Waals surface area contributed by atoms with Crippen LogP contribution in [0.5, 0.6) is 0 Å². The number of hydrogen-bond donors (Lipinski definition) is 1. The average Bonchev–Trinajstić information content (AvgIpc) is 2.68. The van der Waals surface area contributed by atoms with Crippen LogP contribution in [0.3, 0.4) is 0 Å². The van der Waals surface area contributed by atoms with Crippen molar-refractivity contribution in [2.45, 2.75) is 36.5 Å². The molecule has 1 heterocycles. The third-order valence-corrected chi connectivity index (χ3v) is 5.39. The van der Waals surface area contributed by atoms with E-state index < -0.39 is 21.2 Å². The van der Waals surface area contributed by atoms with E-state index in [2.05, 4.69) is 0 Å². The average molecular weight is 283 g/mol. The fourth-order valence-corrected chi connectivity index (χ4v) is 3.34. The molecule has 104 valence electrons. The molecular formula is C13H17NO4S. The Balaban J connectivity index is 2.52. The molecule has 1 aromatic rings. The van der Waals surface area contributed by atoms with Gasteiger partial charge in [0, 0.05) is 0 Å². The van der Waals surface area contributed by atoms with Crippen molar-refractivity contribution >= 4 is 21.4 Å². The van der Waals surface area contributed by atoms with Gasteiger partial charge >= 0.3 is 0 Å². The Hall–Kier alpha value is -1.40. The van der Waals surface area contributed by atoms with E-state index in [0.29, 0.717) is 5.69 Å². The zero-order valence-electron chi connectivity index (χ0n) is 10.9. The summed E-state index contributed by atoms with van der Waals surface area (Å²) in [5.41, 5.74) is 0.359. The Bertz CT molecular complexity index is 594. The van der Waals surface area contributed by atoms with Gasteiger partial charge in [0.05, 0.1) is 34.9 Å². The maximum Gasteiger partial charge on any atom is 0.229 e. The lowest BCUT2D eigenvalue weighted by Gasteiger charge is -2.20. The number of benzene rings is 1. The second kappa shape index (κ2) is 4.94. The lowest BCUT2D eigenvalue weighted by molar-refractivity contribution is -0.117. The predicted octanol–water partition coefficient (Wildman–Crippen LogP) is 0.966. The van der Waals surface area contributed by atoms with Crippen LogP contribution in [0.2, 0.25) is 0 Å². The molecule has 1 aliphatic heterocycles. The van der Waals surface area contributed by atoms with Gasteiger partial charge in [0.25, 0.3) is 0 Å². The molecule has 19 heavy (non-hydrogen) atoms. The number of hydrogen-bond acceptors (Lipinski definition) is 4. The van der Waals surface area contributed by atoms with Crippen molar-refractivity contribution in [1.82, 2.24) is 0 Å². The van der Waals surface area contributed by atoms with Gasteiger partial charge in [-0.1, -0.05) is 12.1 Å². The highest BCUT2D eigenvalue weighted by Crippen LogP contribution is 2.30. The Labute approximate surface area is 112 Å². The quantitative estimate of drug-likeness (QED) is 0.897. The van der Waals surface area contributed by atoms with Gasteiger partial charge in [-0.15, -0.1) is 0 Å². The minimum absolute atomic E-state index is 0.0378. The van der Waals surface area contributed by atoms with Crippen LogP contribution in [0.4, 0.5) is 5.69 Å². The van der Waals surface area contributed by atoms with Crippen LogP contribution in [0, 0.1) is 0 Å². The number of carbonyl (C=O) groups excluding carboxylic acids is 1. The van der Waals surface area contributed by atoms with Gasteiger partial charge in [0.2, 0.25) is 5.91 Å². The highest BCUT2D eigenvalue weighted by Gasteiger charge is 2.33. The van der Waals surface area contributed by atoms with E-state index in [0.717, 1.165) is 0 Å². The van der Waals surface area contributed by atoms with E-state index >= 15 is 0 Å². The topological polar surface area (TPSA) is 74.7 Å². The van der Waals surface area contributed by atoms with E-state index in [-0.39, 0.29) is 23.8 Å². The van der Waals surface area contributed by atoms with Crippen LogP contribution in [0.25, 0.3) is 0 Å². The Morgan fingerprint density at radius 1 is 1.32 bits per heavy atom. The van der Waals surface area contributed by atoms with Crippen molar-refractivity contribution in [3.8, 4) is 0 Å². The summed E-state index contributed by atoms with van der Waals surface area (Å²) in [6, 6.07) is 6.43. The molecule has 0 saturated carbocycles. The molecule has 0 spiro atoms. The normalized spacial score (nSPS) is 20.3. The van der Waals surface area contributed by atoms with Gasteiger partial charge < -0.3 is 10.0 Å². The van der Waals surface area contributed by atoms with Crippen LogP contribution in [0.15, 0.2) is 29.2 Å². The molecule has 2 rings (SSSR count). The Morgan fingerprint density at radius 3 is 2.47 bits per heavy atom. The van der Waals surface area contributed by atoms with Crippen molar-refractivity contribution in [1.29, 1.82) is 0 Å². The number of aliphatic hydroxyl groups is 1. The number of β-amino-alcohol motifs (C(OH)–C–C–N with tert-alkyl or cyclic N) is 1. The van der Waals surface area contributed by atoms with E-state index in [1.807, 2.05) is 0 Å². The molecule has 0 aromatic heterocycles. The van der Waals surface area contributed by atoms with Gasteiger partial charge in [-0.3, -0.25) is 4.79 Å². The van der Waals surface area contributed by atoms with Crippen molar-refractivity contribution in [2.24, 2.45) is 0 Å². The second-order valence-corrected chi connectivity index (χ2v) is 7.40. The second-order valence-electron chi connectivity index (χ2n) is 4.92. The molecule has 6 heteroatoms. The number of amides is 1. The first-order chi connectivity index (χ1) is 8.84. The standard InChI is InChI=1S/C13H17NO4S/c1-9(2)19(17,18)12-6-4-3-5-11(12)14-8-10(15)7-13(14)16/h3-6,9-10,15H,7-8H2,1-2H3. The first-order valence-electron chi connectivity index (χ1n) is 6.15. The van der Waals surface area contributed by atoms with Crippen LogP contribution >= 0.6 is 0 Å². The fourth-order valence-electron chi connectivity index (χ4n) is 2.10. The van der Waals surface area contributed by atoms with Crippen molar-refractivity contribution in [3.05, 3.63) is 24.3 Å². The minimum atomic E-state index is -3.46. The molecule has 1 unspecified atom stereocenters. The summed E-state index contributed by atoms with van der Waals surface area (Å²) in [7, 11) is -3.46. The lowest BCUT2D eigenvalue weighted by atomic mass is 10.3. The Kier molecular flexibility index (Phi) is 3.64. The maximum atomic E-state index is 12.3. The summed E-state index contributed by atoms with van der Waals surface area (Å²) >= 11 is 0. The van der Waals surface area contributed by atoms with E-state index in [1.54, 1.807) is 32.0 Å². The first kappa shape index (κ1) is 14.0. The fraction of sp³-hybridized carbons (Fsp3) is 0.462. The number of nitrogens with zero attached hydrogens (tertiary/aromatic N) is 1. The summed E-state index contributed by atoms with van der Waals surface area (Å²) in [5, 5.41) is 8.96. The molecule has 1 amide bonds. The summed E-state index contributed by atoms with van der Waals surface area (Å²) in [5.74, 6) is -0.251.